The van der Waals surface area contributed by atoms with Gasteiger partial charge in [-0.3, -0.25) is 4.98 Å². The van der Waals surface area contributed by atoms with Crippen molar-refractivity contribution >= 4 is 32.7 Å². The van der Waals surface area contributed by atoms with Gasteiger partial charge >= 0.3 is 0 Å². The van der Waals surface area contributed by atoms with Crippen molar-refractivity contribution in [2.45, 2.75) is 32.6 Å². The number of benzene rings is 4. The van der Waals surface area contributed by atoms with E-state index < -0.39 is 0 Å². The van der Waals surface area contributed by atoms with Gasteiger partial charge < -0.3 is 4.42 Å². The highest BCUT2D eigenvalue weighted by molar-refractivity contribution is 6.08. The van der Waals surface area contributed by atoms with E-state index in [1.165, 1.54) is 27.5 Å². The second kappa shape index (κ2) is 8.46. The van der Waals surface area contributed by atoms with Crippen molar-refractivity contribution in [3.63, 3.8) is 0 Å². The summed E-state index contributed by atoms with van der Waals surface area (Å²) in [6.07, 6.45) is 4.21. The minimum atomic E-state index is 0.573. The summed E-state index contributed by atoms with van der Waals surface area (Å²) in [6.45, 7) is 4.50. The van der Waals surface area contributed by atoms with Crippen LogP contribution in [0.5, 0.6) is 0 Å². The van der Waals surface area contributed by atoms with Gasteiger partial charge in [-0.05, 0) is 82.6 Å². The Morgan fingerprint density at radius 3 is 2.38 bits per heavy atom. The van der Waals surface area contributed by atoms with Crippen LogP contribution in [0.1, 0.15) is 38.2 Å². The van der Waals surface area contributed by atoms with Gasteiger partial charge in [-0.25, -0.2) is 0 Å². The van der Waals surface area contributed by atoms with Crippen molar-refractivity contribution < 1.29 is 4.42 Å². The summed E-state index contributed by atoms with van der Waals surface area (Å²) in [6, 6.07) is 32.4. The smallest absolute Gasteiger partial charge is 0.136 e. The van der Waals surface area contributed by atoms with E-state index in [4.69, 9.17) is 4.42 Å². The van der Waals surface area contributed by atoms with Crippen LogP contribution in [0, 0.1) is 0 Å². The van der Waals surface area contributed by atoms with E-state index in [1.807, 2.05) is 6.20 Å². The fraction of sp³-hybridized carbons (Fsp3) is 0.156. The highest BCUT2D eigenvalue weighted by atomic mass is 16.3. The summed E-state index contributed by atoms with van der Waals surface area (Å²) in [5.41, 5.74) is 7.72. The SMILES string of the molecule is CCC(CC)c1ccnc(-c2ccc3c(c2)oc2ccc(-c4cccc5ccccc45)cc23)c1. The molecule has 2 aromatic heterocycles. The van der Waals surface area contributed by atoms with Crippen LogP contribution in [-0.4, -0.2) is 4.98 Å². The summed E-state index contributed by atoms with van der Waals surface area (Å²) in [5.74, 6) is 0.573. The first-order valence-electron chi connectivity index (χ1n) is 12.2. The number of rotatable bonds is 5. The van der Waals surface area contributed by atoms with E-state index in [0.29, 0.717) is 5.92 Å². The normalized spacial score (nSPS) is 11.7. The fourth-order valence-corrected chi connectivity index (χ4v) is 5.20. The first kappa shape index (κ1) is 20.7. The first-order valence-corrected chi connectivity index (χ1v) is 12.2. The summed E-state index contributed by atoms with van der Waals surface area (Å²) in [7, 11) is 0. The van der Waals surface area contributed by atoms with Gasteiger partial charge in [0.1, 0.15) is 11.2 Å². The number of nitrogens with zero attached hydrogens (tertiary/aromatic N) is 1. The van der Waals surface area contributed by atoms with E-state index in [0.717, 1.165) is 46.0 Å². The lowest BCUT2D eigenvalue weighted by Crippen LogP contribution is -1.96. The van der Waals surface area contributed by atoms with E-state index in [9.17, 15) is 0 Å². The summed E-state index contributed by atoms with van der Waals surface area (Å²) < 4.78 is 6.29. The number of aromatic nitrogens is 1. The number of pyridine rings is 1. The van der Waals surface area contributed by atoms with Crippen LogP contribution in [0.2, 0.25) is 0 Å². The Morgan fingerprint density at radius 1 is 0.676 bits per heavy atom. The minimum Gasteiger partial charge on any atom is -0.456 e. The molecule has 0 saturated heterocycles. The van der Waals surface area contributed by atoms with Crippen LogP contribution in [0.25, 0.3) is 55.1 Å². The lowest BCUT2D eigenvalue weighted by atomic mass is 9.93. The molecule has 6 rings (SSSR count). The molecule has 166 valence electrons. The second-order valence-corrected chi connectivity index (χ2v) is 9.04. The van der Waals surface area contributed by atoms with Gasteiger partial charge in [0.2, 0.25) is 0 Å². The molecule has 0 aliphatic rings. The maximum Gasteiger partial charge on any atom is 0.136 e. The molecule has 0 aliphatic carbocycles. The third kappa shape index (κ3) is 3.47. The molecule has 2 heterocycles. The van der Waals surface area contributed by atoms with Gasteiger partial charge in [-0.2, -0.15) is 0 Å². The first-order chi connectivity index (χ1) is 16.7. The average Bonchev–Trinajstić information content (AvgIpc) is 3.26. The third-order valence-corrected chi connectivity index (χ3v) is 7.11. The predicted molar refractivity (Wildman–Crippen MR) is 143 cm³/mol. The van der Waals surface area contributed by atoms with Crippen LogP contribution >= 0.6 is 0 Å². The molecule has 34 heavy (non-hydrogen) atoms. The molecular formula is C32H27NO. The summed E-state index contributed by atoms with van der Waals surface area (Å²) in [5, 5.41) is 4.80. The molecule has 0 saturated carbocycles. The van der Waals surface area contributed by atoms with Gasteiger partial charge in [0.15, 0.2) is 0 Å². The average molecular weight is 442 g/mol. The van der Waals surface area contributed by atoms with Gasteiger partial charge in [0, 0.05) is 22.5 Å². The minimum absolute atomic E-state index is 0.573. The Labute approximate surface area is 199 Å². The Hall–Kier alpha value is -3.91. The summed E-state index contributed by atoms with van der Waals surface area (Å²) >= 11 is 0. The highest BCUT2D eigenvalue weighted by Gasteiger charge is 2.13. The van der Waals surface area contributed by atoms with Crippen molar-refractivity contribution in [1.82, 2.24) is 4.98 Å². The number of hydrogen-bond acceptors (Lipinski definition) is 2. The lowest BCUT2D eigenvalue weighted by molar-refractivity contribution is 0.641. The molecule has 0 fully saturated rings. The molecule has 0 N–H and O–H groups in total. The Bertz CT molecular complexity index is 1630. The number of furan rings is 1. The molecule has 0 spiro atoms. The molecule has 0 aliphatic heterocycles. The van der Waals surface area contributed by atoms with Gasteiger partial charge in [-0.15, -0.1) is 0 Å². The van der Waals surface area contributed by atoms with Crippen LogP contribution in [0.15, 0.2) is 102 Å². The van der Waals surface area contributed by atoms with E-state index >= 15 is 0 Å². The number of fused-ring (bicyclic) bond motifs is 4. The molecule has 0 amide bonds. The van der Waals surface area contributed by atoms with Crippen LogP contribution in [-0.2, 0) is 0 Å². The predicted octanol–water partition coefficient (Wildman–Crippen LogP) is 9.37. The molecule has 0 bridgehead atoms. The third-order valence-electron chi connectivity index (χ3n) is 7.11. The van der Waals surface area contributed by atoms with Crippen molar-refractivity contribution in [2.75, 3.05) is 0 Å². The molecule has 0 unspecified atom stereocenters. The Morgan fingerprint density at radius 2 is 1.50 bits per heavy atom. The molecule has 6 aromatic rings. The topological polar surface area (TPSA) is 26.0 Å². The van der Waals surface area contributed by atoms with E-state index in [2.05, 4.69) is 110 Å². The molecule has 2 heteroatoms. The van der Waals surface area contributed by atoms with Crippen molar-refractivity contribution in [1.29, 1.82) is 0 Å². The summed E-state index contributed by atoms with van der Waals surface area (Å²) in [4.78, 5) is 4.66. The zero-order valence-electron chi connectivity index (χ0n) is 19.6. The molecule has 0 radical (unpaired) electrons. The Kier molecular flexibility index (Phi) is 5.15. The van der Waals surface area contributed by atoms with Gasteiger partial charge in [0.25, 0.3) is 0 Å². The molecule has 0 atom stereocenters. The Balaban J connectivity index is 1.45. The second-order valence-electron chi connectivity index (χ2n) is 9.04. The maximum atomic E-state index is 6.29. The number of hydrogen-bond donors (Lipinski definition) is 0. The van der Waals surface area contributed by atoms with Crippen molar-refractivity contribution in [2.24, 2.45) is 0 Å². The lowest BCUT2D eigenvalue weighted by Gasteiger charge is -2.13. The van der Waals surface area contributed by atoms with E-state index in [1.54, 1.807) is 0 Å². The quantitative estimate of drug-likeness (QED) is 0.266. The molecular weight excluding hydrogens is 414 g/mol. The van der Waals surface area contributed by atoms with E-state index in [-0.39, 0.29) is 0 Å². The van der Waals surface area contributed by atoms with Crippen LogP contribution < -0.4 is 0 Å². The largest absolute Gasteiger partial charge is 0.456 e. The monoisotopic (exact) mass is 441 g/mol. The van der Waals surface area contributed by atoms with Crippen molar-refractivity contribution in [3.05, 3.63) is 103 Å². The molecule has 2 nitrogen and oxygen atoms in total. The zero-order chi connectivity index (χ0) is 23.1. The fourth-order valence-electron chi connectivity index (χ4n) is 5.20. The van der Waals surface area contributed by atoms with Gasteiger partial charge in [0.05, 0.1) is 5.69 Å². The van der Waals surface area contributed by atoms with Crippen LogP contribution in [0.3, 0.4) is 0 Å². The zero-order valence-corrected chi connectivity index (χ0v) is 19.6. The molecule has 4 aromatic carbocycles. The van der Waals surface area contributed by atoms with Crippen molar-refractivity contribution in [3.8, 4) is 22.4 Å². The van der Waals surface area contributed by atoms with Crippen LogP contribution in [0.4, 0.5) is 0 Å². The highest BCUT2D eigenvalue weighted by Crippen LogP contribution is 2.36. The standard InChI is InChI=1S/C32H27NO/c1-3-21(4-2)23-16-17-33-30(19-23)25-12-14-28-29-18-24(13-15-31(29)34-32(28)20-25)27-11-7-9-22-8-5-6-10-26(22)27/h5-21H,3-4H2,1-2H3. The maximum absolute atomic E-state index is 6.29. The van der Waals surface area contributed by atoms with Gasteiger partial charge in [-0.1, -0.05) is 68.4 Å².